The second kappa shape index (κ2) is 9.01. The van der Waals surface area contributed by atoms with Gasteiger partial charge in [0.25, 0.3) is 5.91 Å². The van der Waals surface area contributed by atoms with E-state index < -0.39 is 0 Å². The third-order valence-corrected chi connectivity index (χ3v) is 6.46. The van der Waals surface area contributed by atoms with Gasteiger partial charge in [-0.3, -0.25) is 4.79 Å². The van der Waals surface area contributed by atoms with Crippen LogP contribution in [0.4, 0.5) is 0 Å². The number of fused-ring (bicyclic) bond motifs is 1. The smallest absolute Gasteiger partial charge is 0.275 e. The van der Waals surface area contributed by atoms with E-state index in [0.717, 1.165) is 43.8 Å². The maximum absolute atomic E-state index is 12.3. The molecule has 0 radical (unpaired) electrons. The van der Waals surface area contributed by atoms with Gasteiger partial charge in [-0.25, -0.2) is 4.98 Å². The molecule has 1 saturated heterocycles. The Labute approximate surface area is 173 Å². The molecule has 7 heteroatoms. The van der Waals surface area contributed by atoms with Crippen molar-refractivity contribution in [3.8, 4) is 0 Å². The SMILES string of the molecule is O=C(C[NH+]1CC[NH+](Cc2nc3ccccc3s2)CC1)NCc1cccc(Cl)c1. The number of halogens is 1. The van der Waals surface area contributed by atoms with Gasteiger partial charge in [0.2, 0.25) is 0 Å². The molecule has 1 aliphatic heterocycles. The normalized spacial score (nSPS) is 19.6. The number of hydrogen-bond acceptors (Lipinski definition) is 3. The molecule has 146 valence electrons. The highest BCUT2D eigenvalue weighted by molar-refractivity contribution is 7.18. The minimum atomic E-state index is 0.101. The van der Waals surface area contributed by atoms with Crippen LogP contribution in [0.25, 0.3) is 10.2 Å². The summed E-state index contributed by atoms with van der Waals surface area (Å²) >= 11 is 7.78. The van der Waals surface area contributed by atoms with Gasteiger partial charge in [0.15, 0.2) is 6.54 Å². The number of amides is 1. The van der Waals surface area contributed by atoms with Crippen LogP contribution in [-0.2, 0) is 17.9 Å². The standard InChI is InChI=1S/C21H23ClN4OS/c22-17-5-3-4-16(12-17)13-23-20(27)14-25-8-10-26(11-9-25)15-21-24-18-6-1-2-7-19(18)28-21/h1-7,12H,8-11,13-15H2,(H,23,27)/p+2. The van der Waals surface area contributed by atoms with E-state index in [9.17, 15) is 4.79 Å². The van der Waals surface area contributed by atoms with Crippen LogP contribution in [0.15, 0.2) is 48.5 Å². The number of hydrogen-bond donors (Lipinski definition) is 3. The fourth-order valence-electron chi connectivity index (χ4n) is 3.66. The molecule has 3 N–H and O–H groups in total. The molecule has 28 heavy (non-hydrogen) atoms. The fourth-order valence-corrected chi connectivity index (χ4v) is 4.91. The van der Waals surface area contributed by atoms with Crippen molar-refractivity contribution < 1.29 is 14.6 Å². The highest BCUT2D eigenvalue weighted by Crippen LogP contribution is 2.20. The van der Waals surface area contributed by atoms with Gasteiger partial charge >= 0.3 is 0 Å². The van der Waals surface area contributed by atoms with Crippen molar-refractivity contribution >= 4 is 39.1 Å². The second-order valence-electron chi connectivity index (χ2n) is 7.34. The molecule has 1 aromatic heterocycles. The summed E-state index contributed by atoms with van der Waals surface area (Å²) in [5, 5.41) is 4.91. The minimum Gasteiger partial charge on any atom is -0.347 e. The van der Waals surface area contributed by atoms with Gasteiger partial charge in [-0.1, -0.05) is 35.9 Å². The zero-order chi connectivity index (χ0) is 19.3. The van der Waals surface area contributed by atoms with Crippen LogP contribution in [0.2, 0.25) is 5.02 Å². The molecule has 2 heterocycles. The zero-order valence-electron chi connectivity index (χ0n) is 15.7. The lowest BCUT2D eigenvalue weighted by Gasteiger charge is -2.28. The van der Waals surface area contributed by atoms with E-state index in [4.69, 9.17) is 16.6 Å². The predicted molar refractivity (Wildman–Crippen MR) is 113 cm³/mol. The zero-order valence-corrected chi connectivity index (χ0v) is 17.3. The number of quaternary nitrogens is 2. The summed E-state index contributed by atoms with van der Waals surface area (Å²) < 4.78 is 1.26. The van der Waals surface area contributed by atoms with E-state index in [0.29, 0.717) is 18.1 Å². The van der Waals surface area contributed by atoms with Crippen LogP contribution in [0.1, 0.15) is 10.6 Å². The molecule has 0 atom stereocenters. The Hall–Kier alpha value is -1.99. The average Bonchev–Trinajstić information content (AvgIpc) is 3.10. The Morgan fingerprint density at radius 1 is 1.07 bits per heavy atom. The summed E-state index contributed by atoms with van der Waals surface area (Å²) in [6.07, 6.45) is 0. The summed E-state index contributed by atoms with van der Waals surface area (Å²) in [6, 6.07) is 15.9. The molecule has 0 bridgehead atoms. The number of nitrogens with zero attached hydrogens (tertiary/aromatic N) is 1. The molecule has 0 spiro atoms. The van der Waals surface area contributed by atoms with Gasteiger partial charge in [-0.05, 0) is 29.8 Å². The molecule has 1 amide bonds. The van der Waals surface area contributed by atoms with Crippen molar-refractivity contribution in [3.05, 3.63) is 64.1 Å². The lowest BCUT2D eigenvalue weighted by molar-refractivity contribution is -1.02. The van der Waals surface area contributed by atoms with Crippen LogP contribution in [0.3, 0.4) is 0 Å². The van der Waals surface area contributed by atoms with E-state index in [-0.39, 0.29) is 5.91 Å². The van der Waals surface area contributed by atoms with Gasteiger partial charge in [0, 0.05) is 11.6 Å². The maximum Gasteiger partial charge on any atom is 0.275 e. The number of nitrogens with one attached hydrogen (secondary N) is 3. The first-order valence-corrected chi connectivity index (χ1v) is 10.9. The largest absolute Gasteiger partial charge is 0.347 e. The maximum atomic E-state index is 12.3. The Morgan fingerprint density at radius 3 is 2.64 bits per heavy atom. The Bertz CT molecular complexity index is 919. The van der Waals surface area contributed by atoms with Crippen molar-refractivity contribution in [2.24, 2.45) is 0 Å². The molecule has 0 aliphatic carbocycles. The van der Waals surface area contributed by atoms with Crippen molar-refractivity contribution in [1.29, 1.82) is 0 Å². The highest BCUT2D eigenvalue weighted by atomic mass is 35.5. The number of para-hydroxylation sites is 1. The van der Waals surface area contributed by atoms with E-state index >= 15 is 0 Å². The first-order valence-electron chi connectivity index (χ1n) is 9.68. The first-order chi connectivity index (χ1) is 13.7. The molecule has 1 aliphatic rings. The number of benzene rings is 2. The molecule has 1 fully saturated rings. The van der Waals surface area contributed by atoms with Gasteiger partial charge in [-0.2, -0.15) is 0 Å². The highest BCUT2D eigenvalue weighted by Gasteiger charge is 2.25. The van der Waals surface area contributed by atoms with Crippen molar-refractivity contribution in [1.82, 2.24) is 10.3 Å². The second-order valence-corrected chi connectivity index (χ2v) is 8.89. The van der Waals surface area contributed by atoms with Crippen molar-refractivity contribution in [3.63, 3.8) is 0 Å². The van der Waals surface area contributed by atoms with E-state index in [1.807, 2.05) is 30.3 Å². The lowest BCUT2D eigenvalue weighted by Crippen LogP contribution is -3.28. The Kier molecular flexibility index (Phi) is 6.22. The van der Waals surface area contributed by atoms with E-state index in [2.05, 4.69) is 23.5 Å². The van der Waals surface area contributed by atoms with Gasteiger partial charge in [0.1, 0.15) is 37.7 Å². The molecule has 5 nitrogen and oxygen atoms in total. The molecule has 0 unspecified atom stereocenters. The van der Waals surface area contributed by atoms with Crippen molar-refractivity contribution in [2.75, 3.05) is 32.7 Å². The monoisotopic (exact) mass is 416 g/mol. The van der Waals surface area contributed by atoms with Crippen LogP contribution in [0.5, 0.6) is 0 Å². The summed E-state index contributed by atoms with van der Waals surface area (Å²) in [4.78, 5) is 19.9. The number of carbonyl (C=O) groups is 1. The number of piperazine rings is 1. The van der Waals surface area contributed by atoms with Gasteiger partial charge in [-0.15, -0.1) is 11.3 Å². The Morgan fingerprint density at radius 2 is 1.86 bits per heavy atom. The summed E-state index contributed by atoms with van der Waals surface area (Å²) in [7, 11) is 0. The summed E-state index contributed by atoms with van der Waals surface area (Å²) in [5.41, 5.74) is 2.13. The third-order valence-electron chi connectivity index (χ3n) is 5.19. The number of thiazole rings is 1. The minimum absolute atomic E-state index is 0.101. The molecular formula is C21H25ClN4OS+2. The van der Waals surface area contributed by atoms with Gasteiger partial charge in [0.05, 0.1) is 10.2 Å². The summed E-state index contributed by atoms with van der Waals surface area (Å²) in [5.74, 6) is 0.101. The predicted octanol–water partition coefficient (Wildman–Crippen LogP) is 0.550. The van der Waals surface area contributed by atoms with E-state index in [1.165, 1.54) is 14.6 Å². The Balaban J connectivity index is 1.21. The summed E-state index contributed by atoms with van der Waals surface area (Å²) in [6.45, 7) is 6.24. The quantitative estimate of drug-likeness (QED) is 0.549. The molecular weight excluding hydrogens is 392 g/mol. The van der Waals surface area contributed by atoms with Gasteiger partial charge < -0.3 is 15.1 Å². The van der Waals surface area contributed by atoms with Crippen LogP contribution >= 0.6 is 22.9 Å². The third kappa shape index (κ3) is 5.08. The average molecular weight is 417 g/mol. The lowest BCUT2D eigenvalue weighted by atomic mass is 10.2. The molecule has 3 aromatic rings. The topological polar surface area (TPSA) is 50.9 Å². The van der Waals surface area contributed by atoms with Crippen molar-refractivity contribution in [2.45, 2.75) is 13.1 Å². The molecule has 0 saturated carbocycles. The number of carbonyl (C=O) groups excluding carboxylic acids is 1. The van der Waals surface area contributed by atoms with Crippen LogP contribution in [0, 0.1) is 0 Å². The van der Waals surface area contributed by atoms with E-state index in [1.54, 1.807) is 16.2 Å². The van der Waals surface area contributed by atoms with Crippen LogP contribution in [-0.4, -0.2) is 43.6 Å². The first kappa shape index (κ1) is 19.3. The molecule has 2 aromatic carbocycles. The van der Waals surface area contributed by atoms with Crippen LogP contribution < -0.4 is 15.1 Å². The molecule has 4 rings (SSSR count). The fraction of sp³-hybridized carbons (Fsp3) is 0.333. The number of aromatic nitrogens is 1. The number of rotatable bonds is 6.